The van der Waals surface area contributed by atoms with Gasteiger partial charge in [0.25, 0.3) is 0 Å². The zero-order chi connectivity index (χ0) is 26.8. The van der Waals surface area contributed by atoms with Crippen molar-refractivity contribution in [3.63, 3.8) is 0 Å². The molecule has 0 spiro atoms. The van der Waals surface area contributed by atoms with Crippen LogP contribution in [-0.2, 0) is 21.5 Å². The van der Waals surface area contributed by atoms with E-state index in [1.54, 1.807) is 0 Å². The van der Waals surface area contributed by atoms with E-state index in [4.69, 9.17) is 4.98 Å². The summed E-state index contributed by atoms with van der Waals surface area (Å²) in [5.74, 6) is -0.107. The summed E-state index contributed by atoms with van der Waals surface area (Å²) < 4.78 is 2.13. The molecule has 0 bridgehead atoms. The number of imidazole rings is 1. The number of carbonyl (C=O) groups excluding carboxylic acids is 2. The summed E-state index contributed by atoms with van der Waals surface area (Å²) in [7, 11) is 0. The van der Waals surface area contributed by atoms with E-state index in [2.05, 4.69) is 96.5 Å². The number of hydrogen-bond donors (Lipinski definition) is 1. The number of carbonyl (C=O) groups is 2. The number of nitrogens with zero attached hydrogens (tertiary/aromatic N) is 2. The molecule has 3 aromatic carbocycles. The molecule has 0 aliphatic heterocycles. The molecule has 0 unspecified atom stereocenters. The Hall–Kier alpha value is -3.99. The Labute approximate surface area is 225 Å². The highest BCUT2D eigenvalue weighted by atomic mass is 16.2. The fraction of sp³-hybridized carbons (Fsp3) is 0.303. The zero-order valence-corrected chi connectivity index (χ0v) is 22.3. The van der Waals surface area contributed by atoms with Crippen LogP contribution in [0.4, 0.5) is 0 Å². The summed E-state index contributed by atoms with van der Waals surface area (Å²) in [5.41, 5.74) is 3.38. The van der Waals surface area contributed by atoms with Gasteiger partial charge in [0.05, 0.1) is 18.1 Å². The summed E-state index contributed by atoms with van der Waals surface area (Å²) in [4.78, 5) is 29.6. The predicted molar refractivity (Wildman–Crippen MR) is 152 cm³/mol. The molecule has 5 heteroatoms. The van der Waals surface area contributed by atoms with Crippen molar-refractivity contribution in [1.82, 2.24) is 14.9 Å². The third kappa shape index (κ3) is 5.77. The maximum atomic E-state index is 12.9. The van der Waals surface area contributed by atoms with Crippen molar-refractivity contribution in [2.75, 3.05) is 0 Å². The van der Waals surface area contributed by atoms with Gasteiger partial charge in [-0.25, -0.2) is 4.98 Å². The summed E-state index contributed by atoms with van der Waals surface area (Å²) in [6.45, 7) is 4.16. The monoisotopic (exact) mass is 507 g/mol. The maximum Gasteiger partial charge on any atom is 0.223 e. The lowest BCUT2D eigenvalue weighted by molar-refractivity contribution is -0.127. The molecule has 1 heterocycles. The van der Waals surface area contributed by atoms with E-state index in [-0.39, 0.29) is 11.8 Å². The molecule has 38 heavy (non-hydrogen) atoms. The highest BCUT2D eigenvalue weighted by Gasteiger charge is 2.38. The Morgan fingerprint density at radius 3 is 1.74 bits per heavy atom. The van der Waals surface area contributed by atoms with Gasteiger partial charge in [-0.15, -0.1) is 0 Å². The van der Waals surface area contributed by atoms with Crippen LogP contribution in [0.15, 0.2) is 104 Å². The largest absolute Gasteiger partial charge is 0.346 e. The normalized spacial score (nSPS) is 12.3. The van der Waals surface area contributed by atoms with Crippen LogP contribution in [0.2, 0.25) is 0 Å². The highest BCUT2D eigenvalue weighted by molar-refractivity contribution is 5.81. The molecule has 0 saturated heterocycles. The van der Waals surface area contributed by atoms with E-state index < -0.39 is 11.6 Å². The minimum absolute atomic E-state index is 0.0440. The summed E-state index contributed by atoms with van der Waals surface area (Å²) in [6.07, 6.45) is 8.53. The summed E-state index contributed by atoms with van der Waals surface area (Å²) in [5, 5.41) is 2.97. The molecule has 0 aliphatic rings. The van der Waals surface area contributed by atoms with Gasteiger partial charge in [0, 0.05) is 18.5 Å². The van der Waals surface area contributed by atoms with Crippen LogP contribution in [0.5, 0.6) is 0 Å². The van der Waals surface area contributed by atoms with E-state index >= 15 is 0 Å². The lowest BCUT2D eigenvalue weighted by atomic mass is 9.77. The topological polar surface area (TPSA) is 64.0 Å². The Kier molecular flexibility index (Phi) is 9.26. The Balaban J connectivity index is 1.73. The van der Waals surface area contributed by atoms with Crippen molar-refractivity contribution in [3.8, 4) is 0 Å². The van der Waals surface area contributed by atoms with Crippen molar-refractivity contribution >= 4 is 12.2 Å². The Morgan fingerprint density at radius 2 is 1.32 bits per heavy atom. The zero-order valence-electron chi connectivity index (χ0n) is 22.3. The van der Waals surface area contributed by atoms with Gasteiger partial charge in [-0.1, -0.05) is 118 Å². The van der Waals surface area contributed by atoms with Crippen LogP contribution in [0.25, 0.3) is 0 Å². The third-order valence-corrected chi connectivity index (χ3v) is 7.16. The van der Waals surface area contributed by atoms with Gasteiger partial charge < -0.3 is 14.7 Å². The number of aromatic nitrogens is 2. The van der Waals surface area contributed by atoms with Gasteiger partial charge in [-0.3, -0.25) is 4.79 Å². The molecule has 4 aromatic rings. The molecule has 1 N–H and O–H groups in total. The number of amides is 1. The molecule has 0 radical (unpaired) electrons. The molecule has 0 saturated carbocycles. The van der Waals surface area contributed by atoms with E-state index in [0.29, 0.717) is 6.42 Å². The van der Waals surface area contributed by atoms with Crippen molar-refractivity contribution < 1.29 is 9.59 Å². The minimum Gasteiger partial charge on any atom is -0.346 e. The highest BCUT2D eigenvalue weighted by Crippen LogP contribution is 2.40. The van der Waals surface area contributed by atoms with Crippen LogP contribution < -0.4 is 5.32 Å². The van der Waals surface area contributed by atoms with Gasteiger partial charge in [-0.2, -0.15) is 0 Å². The standard InChI is InChI=1S/C33H37N3O2/c1-3-14-26(15-4-2)32(38)35-31(24-37)22-30-23-36(25-34-30)33(27-16-8-5-9-17-27,28-18-10-6-11-19-28)29-20-12-7-13-21-29/h5-13,16-21,23-26,31H,3-4,14-15,22H2,1-2H3,(H,35,38)/t31-/m0/s1. The van der Waals surface area contributed by atoms with Crippen molar-refractivity contribution in [2.24, 2.45) is 5.92 Å². The molecule has 1 atom stereocenters. The molecule has 0 fully saturated rings. The first-order chi connectivity index (χ1) is 18.6. The summed E-state index contributed by atoms with van der Waals surface area (Å²) in [6, 6.07) is 30.5. The number of hydrogen-bond acceptors (Lipinski definition) is 3. The molecular formula is C33H37N3O2. The molecule has 0 aliphatic carbocycles. The van der Waals surface area contributed by atoms with Gasteiger partial charge >= 0.3 is 0 Å². The summed E-state index contributed by atoms with van der Waals surface area (Å²) >= 11 is 0. The molecule has 1 aromatic heterocycles. The van der Waals surface area contributed by atoms with Crippen molar-refractivity contribution in [2.45, 2.75) is 57.5 Å². The fourth-order valence-electron chi connectivity index (χ4n) is 5.40. The van der Waals surface area contributed by atoms with Crippen molar-refractivity contribution in [3.05, 3.63) is 126 Å². The second kappa shape index (κ2) is 13.0. The van der Waals surface area contributed by atoms with Crippen LogP contribution in [0, 0.1) is 5.92 Å². The first-order valence-corrected chi connectivity index (χ1v) is 13.6. The average molecular weight is 508 g/mol. The second-order valence-corrected chi connectivity index (χ2v) is 9.81. The molecule has 1 amide bonds. The number of nitrogens with one attached hydrogen (secondary N) is 1. The quantitative estimate of drug-likeness (QED) is 0.174. The first kappa shape index (κ1) is 27.1. The van der Waals surface area contributed by atoms with E-state index in [9.17, 15) is 9.59 Å². The van der Waals surface area contributed by atoms with E-state index in [0.717, 1.165) is 54.4 Å². The predicted octanol–water partition coefficient (Wildman–Crippen LogP) is 6.17. The lowest BCUT2D eigenvalue weighted by Gasteiger charge is -2.37. The van der Waals surface area contributed by atoms with Gasteiger partial charge in [0.15, 0.2) is 0 Å². The molecule has 196 valence electrons. The number of rotatable bonds is 13. The Bertz CT molecular complexity index is 1180. The number of aldehydes is 1. The molecule has 4 rings (SSSR count). The van der Waals surface area contributed by atoms with E-state index in [1.165, 1.54) is 0 Å². The van der Waals surface area contributed by atoms with Crippen LogP contribution in [0.1, 0.15) is 61.9 Å². The Morgan fingerprint density at radius 1 is 0.842 bits per heavy atom. The van der Waals surface area contributed by atoms with Gasteiger partial charge in [-0.05, 0) is 29.5 Å². The van der Waals surface area contributed by atoms with Gasteiger partial charge in [0.1, 0.15) is 11.8 Å². The first-order valence-electron chi connectivity index (χ1n) is 13.6. The second-order valence-electron chi connectivity index (χ2n) is 9.81. The maximum absolute atomic E-state index is 12.9. The number of benzene rings is 3. The average Bonchev–Trinajstić information content (AvgIpc) is 3.43. The SMILES string of the molecule is CCCC(CCC)C(=O)N[C@H](C=O)Cc1cn(C(c2ccccc2)(c2ccccc2)c2ccccc2)cn1. The van der Waals surface area contributed by atoms with Gasteiger partial charge in [0.2, 0.25) is 5.91 Å². The van der Waals surface area contributed by atoms with Crippen molar-refractivity contribution in [1.29, 1.82) is 0 Å². The van der Waals surface area contributed by atoms with E-state index in [1.807, 2.05) is 30.7 Å². The fourth-order valence-corrected chi connectivity index (χ4v) is 5.40. The molecular weight excluding hydrogens is 470 g/mol. The van der Waals surface area contributed by atoms with Crippen LogP contribution in [0.3, 0.4) is 0 Å². The third-order valence-electron chi connectivity index (χ3n) is 7.16. The van der Waals surface area contributed by atoms with Crippen LogP contribution in [-0.4, -0.2) is 27.8 Å². The lowest BCUT2D eigenvalue weighted by Crippen LogP contribution is -2.41. The minimum atomic E-state index is -0.664. The molecule has 5 nitrogen and oxygen atoms in total. The van der Waals surface area contributed by atoms with Crippen LogP contribution >= 0.6 is 0 Å². The smallest absolute Gasteiger partial charge is 0.223 e.